The molecule has 0 amide bonds. The smallest absolute Gasteiger partial charge is 0.335 e. The molecule has 0 bridgehead atoms. The second-order valence-corrected chi connectivity index (χ2v) is 8.30. The molecule has 0 radical (unpaired) electrons. The van der Waals surface area contributed by atoms with Gasteiger partial charge in [-0.1, -0.05) is 60.7 Å². The first kappa shape index (κ1) is 24.0. The number of thiol groups is 1. The van der Waals surface area contributed by atoms with E-state index >= 15 is 0 Å². The van der Waals surface area contributed by atoms with Crippen LogP contribution < -0.4 is 16.2 Å². The van der Waals surface area contributed by atoms with Crippen LogP contribution >= 0.6 is 12.6 Å². The van der Waals surface area contributed by atoms with Crippen molar-refractivity contribution in [1.82, 2.24) is 0 Å². The molecule has 0 heterocycles. The van der Waals surface area contributed by atoms with Gasteiger partial charge in [0, 0.05) is 17.1 Å². The summed E-state index contributed by atoms with van der Waals surface area (Å²) in [7, 11) is -4.08. The van der Waals surface area contributed by atoms with Gasteiger partial charge in [0.2, 0.25) is 10.0 Å². The van der Waals surface area contributed by atoms with Crippen LogP contribution in [-0.4, -0.2) is 26.0 Å². The van der Waals surface area contributed by atoms with E-state index in [9.17, 15) is 13.2 Å². The topological polar surface area (TPSA) is 136 Å². The van der Waals surface area contributed by atoms with Crippen molar-refractivity contribution in [2.75, 3.05) is 17.6 Å². The van der Waals surface area contributed by atoms with Crippen molar-refractivity contribution in [1.29, 1.82) is 0 Å². The Hall–Kier alpha value is -3.27. The van der Waals surface area contributed by atoms with Gasteiger partial charge in [-0.15, -0.1) is 12.6 Å². The molecule has 31 heavy (non-hydrogen) atoms. The van der Waals surface area contributed by atoms with E-state index in [1.807, 2.05) is 72.8 Å². The van der Waals surface area contributed by atoms with Gasteiger partial charge < -0.3 is 16.2 Å². The summed E-state index contributed by atoms with van der Waals surface area (Å²) in [5, 5.41) is 17.2. The number of para-hydroxylation sites is 1. The summed E-state index contributed by atoms with van der Waals surface area (Å²) in [6.45, 7) is 0.357. The molecule has 0 saturated heterocycles. The molecule has 0 fully saturated rings. The van der Waals surface area contributed by atoms with E-state index in [0.717, 1.165) is 17.3 Å². The molecule has 9 heteroatoms. The second kappa shape index (κ2) is 11.2. The third kappa shape index (κ3) is 7.82. The van der Waals surface area contributed by atoms with Crippen LogP contribution in [0.15, 0.2) is 88.7 Å². The molecular weight excluding hydrogens is 434 g/mol. The maximum atomic E-state index is 11.6. The molecule has 6 N–H and O–H groups in total. The first-order valence-electron chi connectivity index (χ1n) is 9.07. The number of primary sulfonamides is 1. The zero-order chi connectivity index (χ0) is 22.9. The van der Waals surface area contributed by atoms with Crippen molar-refractivity contribution in [3.63, 3.8) is 0 Å². The zero-order valence-corrected chi connectivity index (χ0v) is 18.2. The summed E-state index contributed by atoms with van der Waals surface area (Å²) in [5.41, 5.74) is 7.28. The molecule has 0 aromatic heterocycles. The fourth-order valence-electron chi connectivity index (χ4n) is 2.46. The van der Waals surface area contributed by atoms with Gasteiger partial charge in [0.25, 0.3) is 0 Å². The van der Waals surface area contributed by atoms with Crippen molar-refractivity contribution in [3.8, 4) is 0 Å². The van der Waals surface area contributed by atoms with Crippen LogP contribution in [0, 0.1) is 0 Å². The van der Waals surface area contributed by atoms with E-state index in [1.165, 1.54) is 6.07 Å². The first-order valence-corrected chi connectivity index (χ1v) is 11.1. The predicted octanol–water partition coefficient (Wildman–Crippen LogP) is 3.72. The Morgan fingerprint density at radius 1 is 1.03 bits per heavy atom. The van der Waals surface area contributed by atoms with E-state index in [-0.39, 0.29) is 21.0 Å². The maximum absolute atomic E-state index is 11.6. The fourth-order valence-corrected chi connectivity index (χ4v) is 3.72. The lowest BCUT2D eigenvalue weighted by Gasteiger charge is -2.12. The molecule has 0 aliphatic carbocycles. The number of nitrogens with two attached hydrogens (primary N) is 2. The Bertz CT molecular complexity index is 1150. The number of carboxylic acids is 1. The summed E-state index contributed by atoms with van der Waals surface area (Å²) in [6.07, 6.45) is 3.71. The quantitative estimate of drug-likeness (QED) is 0.283. The lowest BCUT2D eigenvalue weighted by molar-refractivity contribution is 0.0696. The number of sulfonamides is 1. The molecule has 3 rings (SSSR count). The highest BCUT2D eigenvalue weighted by Crippen LogP contribution is 2.29. The number of anilines is 2. The summed E-state index contributed by atoms with van der Waals surface area (Å²) in [4.78, 5) is 10.9. The minimum absolute atomic E-state index is 0.0793. The standard InChI is InChI=1S/C16H16N2O4S2.C6H7N/c17-24(21,22)14-10-12(16(19)20)9-13(15(14)23)18-8-4-7-11-5-2-1-3-6-11;7-6-4-2-1-3-5-6/h1-7,9-10,18,23H,8H2,(H,19,20)(H2,17,21,22);1-5H,7H2. The zero-order valence-electron chi connectivity index (χ0n) is 16.5. The van der Waals surface area contributed by atoms with Gasteiger partial charge >= 0.3 is 5.97 Å². The number of aromatic carboxylic acids is 1. The predicted molar refractivity (Wildman–Crippen MR) is 127 cm³/mol. The van der Waals surface area contributed by atoms with Crippen molar-refractivity contribution < 1.29 is 18.3 Å². The van der Waals surface area contributed by atoms with Gasteiger partial charge in [-0.2, -0.15) is 0 Å². The lowest BCUT2D eigenvalue weighted by atomic mass is 10.2. The minimum Gasteiger partial charge on any atom is -0.478 e. The van der Waals surface area contributed by atoms with Gasteiger partial charge in [0.15, 0.2) is 0 Å². The van der Waals surface area contributed by atoms with Crippen LogP contribution in [0.25, 0.3) is 6.08 Å². The van der Waals surface area contributed by atoms with E-state index in [4.69, 9.17) is 16.0 Å². The van der Waals surface area contributed by atoms with Crippen LogP contribution in [-0.2, 0) is 10.0 Å². The third-order valence-electron chi connectivity index (χ3n) is 3.95. The lowest BCUT2D eigenvalue weighted by Crippen LogP contribution is -2.15. The minimum atomic E-state index is -4.08. The molecule has 162 valence electrons. The van der Waals surface area contributed by atoms with E-state index in [2.05, 4.69) is 17.9 Å². The Morgan fingerprint density at radius 2 is 1.61 bits per heavy atom. The molecule has 0 spiro atoms. The number of nitrogens with one attached hydrogen (secondary N) is 1. The summed E-state index contributed by atoms with van der Waals surface area (Å²) >= 11 is 4.15. The third-order valence-corrected chi connectivity index (χ3v) is 5.52. The average Bonchev–Trinajstić information content (AvgIpc) is 2.73. The summed E-state index contributed by atoms with van der Waals surface area (Å²) in [5.74, 6) is -1.25. The highest BCUT2D eigenvalue weighted by atomic mass is 32.2. The van der Waals surface area contributed by atoms with E-state index in [0.29, 0.717) is 6.54 Å². The SMILES string of the molecule is NS(=O)(=O)c1cc(C(=O)O)cc(NCC=Cc2ccccc2)c1S.Nc1ccccc1. The summed E-state index contributed by atoms with van der Waals surface area (Å²) < 4.78 is 23.2. The normalized spacial score (nSPS) is 10.9. The van der Waals surface area contributed by atoms with Crippen molar-refractivity contribution in [2.45, 2.75) is 9.79 Å². The molecule has 7 nitrogen and oxygen atoms in total. The number of rotatable bonds is 6. The molecule has 0 unspecified atom stereocenters. The molecule has 0 aliphatic rings. The monoisotopic (exact) mass is 457 g/mol. The Morgan fingerprint density at radius 3 is 2.10 bits per heavy atom. The number of nitrogen functional groups attached to an aromatic ring is 1. The van der Waals surface area contributed by atoms with Gasteiger partial charge in [0.05, 0.1) is 16.1 Å². The largest absolute Gasteiger partial charge is 0.478 e. The Balaban J connectivity index is 0.000000412. The Kier molecular flexibility index (Phi) is 8.68. The van der Waals surface area contributed by atoms with E-state index < -0.39 is 16.0 Å². The second-order valence-electron chi connectivity index (χ2n) is 6.33. The first-order chi connectivity index (χ1) is 14.7. The van der Waals surface area contributed by atoms with Crippen LogP contribution in [0.5, 0.6) is 0 Å². The van der Waals surface area contributed by atoms with Crippen molar-refractivity contribution in [3.05, 3.63) is 90.0 Å². The highest BCUT2D eigenvalue weighted by Gasteiger charge is 2.19. The van der Waals surface area contributed by atoms with Gasteiger partial charge in [-0.25, -0.2) is 18.4 Å². The van der Waals surface area contributed by atoms with Crippen molar-refractivity contribution in [2.24, 2.45) is 5.14 Å². The molecule has 3 aromatic rings. The molecule has 3 aromatic carbocycles. The Labute approximate surface area is 186 Å². The number of hydrogen-bond donors (Lipinski definition) is 5. The average molecular weight is 458 g/mol. The number of carbonyl (C=O) groups is 1. The van der Waals surface area contributed by atoms with Gasteiger partial charge in [-0.3, -0.25) is 0 Å². The van der Waals surface area contributed by atoms with Crippen LogP contribution in [0.2, 0.25) is 0 Å². The molecule has 0 aliphatic heterocycles. The van der Waals surface area contributed by atoms with Crippen LogP contribution in [0.1, 0.15) is 15.9 Å². The van der Waals surface area contributed by atoms with E-state index in [1.54, 1.807) is 0 Å². The molecule has 0 atom stereocenters. The summed E-state index contributed by atoms with van der Waals surface area (Å²) in [6, 6.07) is 21.4. The van der Waals surface area contributed by atoms with Crippen LogP contribution in [0.3, 0.4) is 0 Å². The number of hydrogen-bond acceptors (Lipinski definition) is 6. The van der Waals surface area contributed by atoms with Gasteiger partial charge in [0.1, 0.15) is 0 Å². The maximum Gasteiger partial charge on any atom is 0.335 e. The highest BCUT2D eigenvalue weighted by molar-refractivity contribution is 7.90. The number of benzene rings is 3. The molecular formula is C22H23N3O4S2. The number of carboxylic acid groups (broad SMARTS) is 1. The van der Waals surface area contributed by atoms with Crippen LogP contribution in [0.4, 0.5) is 11.4 Å². The fraction of sp³-hybridized carbons (Fsp3) is 0.0455. The van der Waals surface area contributed by atoms with Gasteiger partial charge in [-0.05, 0) is 29.8 Å². The van der Waals surface area contributed by atoms with Crippen molar-refractivity contribution >= 4 is 46.1 Å². The molecule has 0 saturated carbocycles.